The summed E-state index contributed by atoms with van der Waals surface area (Å²) in [6.45, 7) is 0.898. The van der Waals surface area contributed by atoms with Gasteiger partial charge < -0.3 is 10.6 Å². The number of nitrogens with zero attached hydrogens (tertiary/aromatic N) is 3. The number of fused-ring (bicyclic) bond motifs is 1. The molecule has 8 heteroatoms. The highest BCUT2D eigenvalue weighted by atomic mass is 19.4. The molecule has 0 saturated heterocycles. The SMILES string of the molecule is FC(F)(F)c1cccc(NCCNc2nnc(Cc3ccncc3)c3ccccc23)c1. The van der Waals surface area contributed by atoms with Crippen molar-refractivity contribution in [3.63, 3.8) is 0 Å². The van der Waals surface area contributed by atoms with E-state index in [4.69, 9.17) is 0 Å². The van der Waals surface area contributed by atoms with Crippen LogP contribution >= 0.6 is 0 Å². The molecule has 2 heterocycles. The van der Waals surface area contributed by atoms with Gasteiger partial charge in [0, 0.05) is 48.4 Å². The second-order valence-corrected chi connectivity index (χ2v) is 7.01. The first-order valence-electron chi connectivity index (χ1n) is 9.79. The van der Waals surface area contributed by atoms with Crippen LogP contribution in [0.5, 0.6) is 0 Å². The maximum Gasteiger partial charge on any atom is 0.416 e. The Morgan fingerprint density at radius 1 is 0.774 bits per heavy atom. The van der Waals surface area contributed by atoms with Crippen LogP contribution in [-0.4, -0.2) is 28.3 Å². The Hall–Kier alpha value is -3.68. The molecule has 2 aromatic heterocycles. The Kier molecular flexibility index (Phi) is 5.97. The third kappa shape index (κ3) is 5.09. The molecule has 0 amide bonds. The molecular formula is C23H20F3N5. The zero-order chi connectivity index (χ0) is 21.7. The number of benzene rings is 2. The van der Waals surface area contributed by atoms with Gasteiger partial charge in [0.2, 0.25) is 0 Å². The summed E-state index contributed by atoms with van der Waals surface area (Å²) in [5.41, 5.74) is 1.71. The third-order valence-corrected chi connectivity index (χ3v) is 4.82. The normalized spacial score (nSPS) is 11.5. The number of hydrogen-bond acceptors (Lipinski definition) is 5. The smallest absolute Gasteiger partial charge is 0.383 e. The molecule has 31 heavy (non-hydrogen) atoms. The molecule has 0 aliphatic rings. The van der Waals surface area contributed by atoms with E-state index in [-0.39, 0.29) is 0 Å². The molecule has 2 N–H and O–H groups in total. The molecule has 0 aliphatic heterocycles. The Labute approximate surface area is 177 Å². The zero-order valence-electron chi connectivity index (χ0n) is 16.5. The number of halogens is 3. The van der Waals surface area contributed by atoms with Crippen molar-refractivity contribution in [3.05, 3.63) is 89.9 Å². The van der Waals surface area contributed by atoms with Gasteiger partial charge in [0.05, 0.1) is 11.3 Å². The second-order valence-electron chi connectivity index (χ2n) is 7.01. The lowest BCUT2D eigenvalue weighted by Gasteiger charge is -2.13. The molecule has 0 radical (unpaired) electrons. The third-order valence-electron chi connectivity index (χ3n) is 4.82. The Balaban J connectivity index is 1.43. The lowest BCUT2D eigenvalue weighted by atomic mass is 10.1. The molecule has 0 unspecified atom stereocenters. The van der Waals surface area contributed by atoms with Gasteiger partial charge in [0.25, 0.3) is 0 Å². The topological polar surface area (TPSA) is 62.7 Å². The lowest BCUT2D eigenvalue weighted by Crippen LogP contribution is -2.15. The van der Waals surface area contributed by atoms with Crippen LogP contribution in [0.15, 0.2) is 73.1 Å². The van der Waals surface area contributed by atoms with Gasteiger partial charge in [-0.2, -0.15) is 18.3 Å². The molecule has 0 fully saturated rings. The van der Waals surface area contributed by atoms with Gasteiger partial charge in [0.15, 0.2) is 5.82 Å². The summed E-state index contributed by atoms with van der Waals surface area (Å²) in [6.07, 6.45) is -0.216. The molecule has 0 spiro atoms. The van der Waals surface area contributed by atoms with Gasteiger partial charge in [-0.15, -0.1) is 5.10 Å². The monoisotopic (exact) mass is 423 g/mol. The van der Waals surface area contributed by atoms with Crippen LogP contribution in [0.25, 0.3) is 10.8 Å². The molecule has 4 aromatic rings. The van der Waals surface area contributed by atoms with Crippen LogP contribution in [0.1, 0.15) is 16.8 Å². The minimum absolute atomic E-state index is 0.417. The molecule has 0 saturated carbocycles. The first-order valence-corrected chi connectivity index (χ1v) is 9.79. The molecule has 158 valence electrons. The van der Waals surface area contributed by atoms with Gasteiger partial charge in [0.1, 0.15) is 0 Å². The average molecular weight is 423 g/mol. The standard InChI is InChI=1S/C23H20F3N5/c24-23(25,26)17-4-3-5-18(15-17)28-12-13-29-22-20-7-2-1-6-19(20)21(30-31-22)14-16-8-10-27-11-9-16/h1-11,15,28H,12-14H2,(H,29,31). The predicted octanol–water partition coefficient (Wildman–Crippen LogP) is 5.16. The predicted molar refractivity (Wildman–Crippen MR) is 115 cm³/mol. The maximum absolute atomic E-state index is 12.8. The van der Waals surface area contributed by atoms with Crippen molar-refractivity contribution in [1.29, 1.82) is 0 Å². The van der Waals surface area contributed by atoms with Crippen molar-refractivity contribution in [2.45, 2.75) is 12.6 Å². The number of pyridine rings is 1. The number of aromatic nitrogens is 3. The average Bonchev–Trinajstić information content (AvgIpc) is 2.78. The minimum atomic E-state index is -4.36. The summed E-state index contributed by atoms with van der Waals surface area (Å²) < 4.78 is 38.5. The summed E-state index contributed by atoms with van der Waals surface area (Å²) in [4.78, 5) is 4.04. The van der Waals surface area contributed by atoms with E-state index in [2.05, 4.69) is 25.8 Å². The van der Waals surface area contributed by atoms with Crippen molar-refractivity contribution in [2.75, 3.05) is 23.7 Å². The molecule has 4 rings (SSSR count). The van der Waals surface area contributed by atoms with E-state index in [1.807, 2.05) is 36.4 Å². The summed E-state index contributed by atoms with van der Waals surface area (Å²) in [6, 6.07) is 16.9. The van der Waals surface area contributed by atoms with Crippen molar-refractivity contribution >= 4 is 22.3 Å². The minimum Gasteiger partial charge on any atom is -0.383 e. The van der Waals surface area contributed by atoms with Crippen LogP contribution < -0.4 is 10.6 Å². The Bertz CT molecular complexity index is 1160. The molecule has 0 atom stereocenters. The van der Waals surface area contributed by atoms with Crippen LogP contribution in [0, 0.1) is 0 Å². The molecular weight excluding hydrogens is 403 g/mol. The number of hydrogen-bond donors (Lipinski definition) is 2. The fourth-order valence-corrected chi connectivity index (χ4v) is 3.31. The van der Waals surface area contributed by atoms with Gasteiger partial charge in [-0.05, 0) is 35.9 Å². The van der Waals surface area contributed by atoms with Gasteiger partial charge in [-0.3, -0.25) is 4.98 Å². The van der Waals surface area contributed by atoms with E-state index >= 15 is 0 Å². The van der Waals surface area contributed by atoms with E-state index in [0.717, 1.165) is 34.2 Å². The maximum atomic E-state index is 12.8. The highest BCUT2D eigenvalue weighted by molar-refractivity contribution is 5.93. The highest BCUT2D eigenvalue weighted by Gasteiger charge is 2.30. The van der Waals surface area contributed by atoms with Crippen molar-refractivity contribution in [3.8, 4) is 0 Å². The summed E-state index contributed by atoms with van der Waals surface area (Å²) in [5, 5.41) is 16.9. The molecule has 0 bridgehead atoms. The summed E-state index contributed by atoms with van der Waals surface area (Å²) in [5.74, 6) is 0.639. The molecule has 5 nitrogen and oxygen atoms in total. The number of nitrogens with one attached hydrogen (secondary N) is 2. The first kappa shape index (κ1) is 20.6. The zero-order valence-corrected chi connectivity index (χ0v) is 16.5. The van der Waals surface area contributed by atoms with Crippen molar-refractivity contribution in [2.24, 2.45) is 0 Å². The second kappa shape index (κ2) is 8.99. The summed E-state index contributed by atoms with van der Waals surface area (Å²) in [7, 11) is 0. The van der Waals surface area contributed by atoms with Crippen molar-refractivity contribution in [1.82, 2.24) is 15.2 Å². The first-order chi connectivity index (χ1) is 15.0. The van der Waals surface area contributed by atoms with E-state index in [1.165, 1.54) is 6.07 Å². The Morgan fingerprint density at radius 2 is 1.52 bits per heavy atom. The van der Waals surface area contributed by atoms with Crippen LogP contribution in [0.4, 0.5) is 24.7 Å². The lowest BCUT2D eigenvalue weighted by molar-refractivity contribution is -0.137. The number of rotatable bonds is 7. The van der Waals surface area contributed by atoms with Crippen LogP contribution in [0.2, 0.25) is 0 Å². The van der Waals surface area contributed by atoms with Gasteiger partial charge in [-0.25, -0.2) is 0 Å². The van der Waals surface area contributed by atoms with E-state index in [1.54, 1.807) is 18.5 Å². The Morgan fingerprint density at radius 3 is 2.29 bits per heavy atom. The highest BCUT2D eigenvalue weighted by Crippen LogP contribution is 2.30. The fraction of sp³-hybridized carbons (Fsp3) is 0.174. The van der Waals surface area contributed by atoms with Crippen LogP contribution in [0.3, 0.4) is 0 Å². The van der Waals surface area contributed by atoms with E-state index < -0.39 is 11.7 Å². The van der Waals surface area contributed by atoms with Crippen LogP contribution in [-0.2, 0) is 12.6 Å². The van der Waals surface area contributed by atoms with Gasteiger partial charge in [-0.1, -0.05) is 30.3 Å². The fourth-order valence-electron chi connectivity index (χ4n) is 3.31. The quantitative estimate of drug-likeness (QED) is 0.402. The number of anilines is 2. The molecule has 2 aromatic carbocycles. The largest absolute Gasteiger partial charge is 0.416 e. The van der Waals surface area contributed by atoms with E-state index in [9.17, 15) is 13.2 Å². The number of alkyl halides is 3. The van der Waals surface area contributed by atoms with Gasteiger partial charge >= 0.3 is 6.18 Å². The van der Waals surface area contributed by atoms with E-state index in [0.29, 0.717) is 31.0 Å². The molecule has 0 aliphatic carbocycles. The van der Waals surface area contributed by atoms with Crippen molar-refractivity contribution < 1.29 is 13.2 Å². The summed E-state index contributed by atoms with van der Waals surface area (Å²) >= 11 is 0.